The van der Waals surface area contributed by atoms with E-state index in [0.29, 0.717) is 0 Å². The maximum Gasteiger partial charge on any atom is 0.119 e. The minimum Gasteiger partial charge on any atom is -0.494 e. The van der Waals surface area contributed by atoms with Crippen molar-refractivity contribution in [3.63, 3.8) is 0 Å². The van der Waals surface area contributed by atoms with Gasteiger partial charge in [0.05, 0.1) is 6.61 Å². The molecule has 0 fully saturated rings. The molecule has 1 aromatic carbocycles. The molecule has 1 atom stereocenters. The summed E-state index contributed by atoms with van der Waals surface area (Å²) >= 11 is 0. The van der Waals surface area contributed by atoms with Gasteiger partial charge in [0, 0.05) is 6.04 Å². The minimum atomic E-state index is 0.246. The molecule has 0 aliphatic carbocycles. The highest BCUT2D eigenvalue weighted by Gasteiger charge is 2.08. The second-order valence-corrected chi connectivity index (χ2v) is 4.28. The van der Waals surface area contributed by atoms with E-state index in [0.717, 1.165) is 25.2 Å². The summed E-state index contributed by atoms with van der Waals surface area (Å²) in [7, 11) is 0. The number of ether oxygens (including phenoxy) is 1. The van der Waals surface area contributed by atoms with Crippen molar-refractivity contribution < 1.29 is 4.74 Å². The highest BCUT2D eigenvalue weighted by Crippen LogP contribution is 2.21. The van der Waals surface area contributed by atoms with Gasteiger partial charge in [-0.25, -0.2) is 0 Å². The first-order valence-corrected chi connectivity index (χ1v) is 6.50. The lowest BCUT2D eigenvalue weighted by atomic mass is 10.0. The Bertz CT molecular complexity index is 298. The van der Waals surface area contributed by atoms with Gasteiger partial charge in [-0.2, -0.15) is 0 Å². The lowest BCUT2D eigenvalue weighted by Crippen LogP contribution is -2.27. The lowest BCUT2D eigenvalue weighted by molar-refractivity contribution is 0.317. The van der Waals surface area contributed by atoms with Crippen molar-refractivity contribution in [1.29, 1.82) is 0 Å². The van der Waals surface area contributed by atoms with Crippen LogP contribution in [0, 0.1) is 0 Å². The van der Waals surface area contributed by atoms with E-state index in [9.17, 15) is 0 Å². The molecule has 1 rings (SSSR count). The molecular formula is C14H24N2O. The average Bonchev–Trinajstić information content (AvgIpc) is 2.38. The molecule has 0 saturated heterocycles. The summed E-state index contributed by atoms with van der Waals surface area (Å²) in [5, 5.41) is 0. The van der Waals surface area contributed by atoms with Crippen molar-refractivity contribution in [3.8, 4) is 5.75 Å². The molecule has 1 unspecified atom stereocenters. The number of nitrogens with two attached hydrogens (primary N) is 1. The predicted molar refractivity (Wildman–Crippen MR) is 71.8 cm³/mol. The van der Waals surface area contributed by atoms with Gasteiger partial charge in [0.25, 0.3) is 0 Å². The van der Waals surface area contributed by atoms with E-state index < -0.39 is 0 Å². The highest BCUT2D eigenvalue weighted by atomic mass is 16.5. The SMILES string of the molecule is CCCCC(NN)c1ccc(OCCC)cc1. The van der Waals surface area contributed by atoms with Crippen LogP contribution in [0.2, 0.25) is 0 Å². The summed E-state index contributed by atoms with van der Waals surface area (Å²) in [5.74, 6) is 6.51. The average molecular weight is 236 g/mol. The third-order valence-electron chi connectivity index (χ3n) is 2.80. The smallest absolute Gasteiger partial charge is 0.119 e. The summed E-state index contributed by atoms with van der Waals surface area (Å²) in [4.78, 5) is 0. The molecule has 3 N–H and O–H groups in total. The van der Waals surface area contributed by atoms with Crippen molar-refractivity contribution in [3.05, 3.63) is 29.8 Å². The largest absolute Gasteiger partial charge is 0.494 e. The van der Waals surface area contributed by atoms with Crippen molar-refractivity contribution in [2.45, 2.75) is 45.6 Å². The molecule has 3 nitrogen and oxygen atoms in total. The van der Waals surface area contributed by atoms with Crippen molar-refractivity contribution in [1.82, 2.24) is 5.43 Å². The van der Waals surface area contributed by atoms with Crippen LogP contribution < -0.4 is 16.0 Å². The third kappa shape index (κ3) is 4.75. The number of benzene rings is 1. The Labute approximate surface area is 104 Å². The normalized spacial score (nSPS) is 12.4. The maximum atomic E-state index is 5.58. The number of nitrogens with one attached hydrogen (secondary N) is 1. The number of hydrogen-bond acceptors (Lipinski definition) is 3. The number of unbranched alkanes of at least 4 members (excludes halogenated alkanes) is 1. The Morgan fingerprint density at radius 3 is 2.41 bits per heavy atom. The fourth-order valence-corrected chi connectivity index (χ4v) is 1.77. The van der Waals surface area contributed by atoms with Gasteiger partial charge < -0.3 is 4.74 Å². The molecule has 0 aliphatic heterocycles. The van der Waals surface area contributed by atoms with E-state index in [-0.39, 0.29) is 6.04 Å². The molecular weight excluding hydrogens is 212 g/mol. The van der Waals surface area contributed by atoms with Crippen molar-refractivity contribution in [2.24, 2.45) is 5.84 Å². The second kappa shape index (κ2) is 8.09. The van der Waals surface area contributed by atoms with Crippen LogP contribution in [0.15, 0.2) is 24.3 Å². The molecule has 0 amide bonds. The first-order chi connectivity index (χ1) is 8.31. The number of rotatable bonds is 8. The first kappa shape index (κ1) is 14.0. The van der Waals surface area contributed by atoms with E-state index in [2.05, 4.69) is 31.4 Å². The Balaban J connectivity index is 2.57. The van der Waals surface area contributed by atoms with Crippen LogP contribution in [-0.2, 0) is 0 Å². The zero-order chi connectivity index (χ0) is 12.5. The molecule has 0 heterocycles. The summed E-state index contributed by atoms with van der Waals surface area (Å²) in [6, 6.07) is 8.45. The number of hydrazine groups is 1. The Kier molecular flexibility index (Phi) is 6.67. The maximum absolute atomic E-state index is 5.58. The van der Waals surface area contributed by atoms with E-state index >= 15 is 0 Å². The molecule has 0 spiro atoms. The second-order valence-electron chi connectivity index (χ2n) is 4.28. The Morgan fingerprint density at radius 1 is 1.18 bits per heavy atom. The molecule has 0 saturated carbocycles. The third-order valence-corrected chi connectivity index (χ3v) is 2.80. The van der Waals surface area contributed by atoms with Crippen LogP contribution >= 0.6 is 0 Å². The van der Waals surface area contributed by atoms with Crippen LogP contribution in [0.3, 0.4) is 0 Å². The van der Waals surface area contributed by atoms with Crippen LogP contribution in [0.1, 0.15) is 51.1 Å². The van der Waals surface area contributed by atoms with Gasteiger partial charge in [-0.05, 0) is 30.5 Å². The molecule has 0 aliphatic rings. The van der Waals surface area contributed by atoms with Gasteiger partial charge in [-0.15, -0.1) is 0 Å². The van der Waals surface area contributed by atoms with Crippen LogP contribution in [-0.4, -0.2) is 6.61 Å². The highest BCUT2D eigenvalue weighted by molar-refractivity contribution is 5.29. The van der Waals surface area contributed by atoms with Crippen LogP contribution in [0.25, 0.3) is 0 Å². The van der Waals surface area contributed by atoms with Crippen LogP contribution in [0.4, 0.5) is 0 Å². The molecule has 17 heavy (non-hydrogen) atoms. The first-order valence-electron chi connectivity index (χ1n) is 6.50. The Hall–Kier alpha value is -1.06. The van der Waals surface area contributed by atoms with Gasteiger partial charge in [-0.3, -0.25) is 11.3 Å². The van der Waals surface area contributed by atoms with E-state index in [1.807, 2.05) is 12.1 Å². The van der Waals surface area contributed by atoms with Crippen molar-refractivity contribution in [2.75, 3.05) is 6.61 Å². The lowest BCUT2D eigenvalue weighted by Gasteiger charge is -2.16. The van der Waals surface area contributed by atoms with E-state index in [1.54, 1.807) is 0 Å². The molecule has 0 radical (unpaired) electrons. The summed E-state index contributed by atoms with van der Waals surface area (Å²) in [5.41, 5.74) is 4.10. The summed E-state index contributed by atoms with van der Waals surface area (Å²) < 4.78 is 5.55. The van der Waals surface area contributed by atoms with Gasteiger partial charge in [0.1, 0.15) is 5.75 Å². The quantitative estimate of drug-likeness (QED) is 0.538. The standard InChI is InChI=1S/C14H24N2O/c1-3-5-6-14(16-15)12-7-9-13(10-8-12)17-11-4-2/h7-10,14,16H,3-6,11,15H2,1-2H3. The van der Waals surface area contributed by atoms with Gasteiger partial charge in [0.2, 0.25) is 0 Å². The fraction of sp³-hybridized carbons (Fsp3) is 0.571. The topological polar surface area (TPSA) is 47.3 Å². The van der Waals surface area contributed by atoms with Gasteiger partial charge in [-0.1, -0.05) is 38.8 Å². The Morgan fingerprint density at radius 2 is 1.88 bits per heavy atom. The molecule has 0 bridgehead atoms. The summed E-state index contributed by atoms with van der Waals surface area (Å²) in [6.07, 6.45) is 4.48. The zero-order valence-corrected chi connectivity index (χ0v) is 10.9. The van der Waals surface area contributed by atoms with Gasteiger partial charge >= 0.3 is 0 Å². The van der Waals surface area contributed by atoms with Crippen molar-refractivity contribution >= 4 is 0 Å². The number of hydrogen-bond donors (Lipinski definition) is 2. The molecule has 96 valence electrons. The predicted octanol–water partition coefficient (Wildman–Crippen LogP) is 3.17. The molecule has 0 aromatic heterocycles. The minimum absolute atomic E-state index is 0.246. The van der Waals surface area contributed by atoms with Crippen LogP contribution in [0.5, 0.6) is 5.75 Å². The molecule has 3 heteroatoms. The van der Waals surface area contributed by atoms with E-state index in [4.69, 9.17) is 10.6 Å². The van der Waals surface area contributed by atoms with Gasteiger partial charge in [0.15, 0.2) is 0 Å². The molecule has 1 aromatic rings. The van der Waals surface area contributed by atoms with E-state index in [1.165, 1.54) is 18.4 Å². The monoisotopic (exact) mass is 236 g/mol. The summed E-state index contributed by atoms with van der Waals surface area (Å²) in [6.45, 7) is 5.07. The zero-order valence-electron chi connectivity index (χ0n) is 10.9. The fourth-order valence-electron chi connectivity index (χ4n) is 1.77.